The first kappa shape index (κ1) is 12.4. The maximum atomic E-state index is 12.0. The Labute approximate surface area is 102 Å². The van der Waals surface area contributed by atoms with Crippen molar-refractivity contribution in [2.45, 2.75) is 51.0 Å². The number of esters is 1. The minimum absolute atomic E-state index is 0.0322. The summed E-state index contributed by atoms with van der Waals surface area (Å²) < 4.78 is 4.87. The summed E-state index contributed by atoms with van der Waals surface area (Å²) in [5, 5.41) is 2.96. The monoisotopic (exact) mass is 239 g/mol. The van der Waals surface area contributed by atoms with Crippen LogP contribution in [0.2, 0.25) is 0 Å². The first-order valence-electron chi connectivity index (χ1n) is 6.49. The number of hydrogen-bond acceptors (Lipinski definition) is 3. The molecule has 0 aliphatic heterocycles. The van der Waals surface area contributed by atoms with Crippen molar-refractivity contribution >= 4 is 11.9 Å². The molecular formula is C13H21NO3. The Balaban J connectivity index is 2.04. The maximum Gasteiger partial charge on any atom is 0.331 e. The molecule has 4 nitrogen and oxygen atoms in total. The highest BCUT2D eigenvalue weighted by Crippen LogP contribution is 2.39. The molecule has 0 aromatic rings. The quantitative estimate of drug-likeness (QED) is 0.762. The first-order valence-corrected chi connectivity index (χ1v) is 6.49. The lowest BCUT2D eigenvalue weighted by Gasteiger charge is -2.35. The number of methoxy groups -OCH3 is 1. The summed E-state index contributed by atoms with van der Waals surface area (Å²) in [4.78, 5) is 23.9. The second-order valence-corrected chi connectivity index (χ2v) is 5.44. The number of amides is 1. The minimum atomic E-state index is -0.744. The lowest BCUT2D eigenvalue weighted by Crippen LogP contribution is -2.56. The third kappa shape index (κ3) is 2.45. The van der Waals surface area contributed by atoms with Crippen LogP contribution in [0.4, 0.5) is 0 Å². The molecule has 2 rings (SSSR count). The molecule has 1 N–H and O–H groups in total. The molecule has 1 amide bonds. The molecule has 2 unspecified atom stereocenters. The van der Waals surface area contributed by atoms with E-state index in [-0.39, 0.29) is 17.8 Å². The van der Waals surface area contributed by atoms with Gasteiger partial charge in [-0.25, -0.2) is 4.79 Å². The summed E-state index contributed by atoms with van der Waals surface area (Å²) in [6.45, 7) is 2.07. The number of hydrogen-bond donors (Lipinski definition) is 1. The molecule has 17 heavy (non-hydrogen) atoms. The minimum Gasteiger partial charge on any atom is -0.467 e. The standard InChI is InChI=1S/C13H21NO3/c1-9-8-10(9)11(15)14-13(12(16)17-2)6-4-3-5-7-13/h9-10H,3-8H2,1-2H3,(H,14,15). The summed E-state index contributed by atoms with van der Waals surface area (Å²) in [5.74, 6) is 0.329. The zero-order valence-corrected chi connectivity index (χ0v) is 10.6. The third-order valence-corrected chi connectivity index (χ3v) is 4.09. The Bertz CT molecular complexity index is 321. The van der Waals surface area contributed by atoms with E-state index in [4.69, 9.17) is 4.74 Å². The van der Waals surface area contributed by atoms with E-state index in [1.165, 1.54) is 7.11 Å². The lowest BCUT2D eigenvalue weighted by molar-refractivity contribution is -0.152. The topological polar surface area (TPSA) is 55.4 Å². The van der Waals surface area contributed by atoms with Crippen LogP contribution in [0, 0.1) is 11.8 Å². The van der Waals surface area contributed by atoms with Crippen LogP contribution in [0.3, 0.4) is 0 Å². The van der Waals surface area contributed by atoms with E-state index in [1.54, 1.807) is 0 Å². The van der Waals surface area contributed by atoms with E-state index < -0.39 is 5.54 Å². The van der Waals surface area contributed by atoms with Gasteiger partial charge in [-0.1, -0.05) is 26.2 Å². The predicted molar refractivity (Wildman–Crippen MR) is 63.2 cm³/mol. The van der Waals surface area contributed by atoms with Crippen LogP contribution in [0.1, 0.15) is 45.4 Å². The van der Waals surface area contributed by atoms with Gasteiger partial charge in [-0.05, 0) is 25.2 Å². The van der Waals surface area contributed by atoms with Crippen molar-refractivity contribution in [1.82, 2.24) is 5.32 Å². The summed E-state index contributed by atoms with van der Waals surface area (Å²) in [6.07, 6.45) is 5.47. The maximum absolute atomic E-state index is 12.0. The molecule has 2 aliphatic rings. The summed E-state index contributed by atoms with van der Waals surface area (Å²) in [7, 11) is 1.39. The van der Waals surface area contributed by atoms with Crippen molar-refractivity contribution < 1.29 is 14.3 Å². The molecule has 0 aromatic carbocycles. The Morgan fingerprint density at radius 3 is 2.29 bits per heavy atom. The summed E-state index contributed by atoms with van der Waals surface area (Å²) in [5.41, 5.74) is -0.744. The largest absolute Gasteiger partial charge is 0.467 e. The smallest absolute Gasteiger partial charge is 0.331 e. The van der Waals surface area contributed by atoms with Crippen LogP contribution < -0.4 is 5.32 Å². The molecule has 4 heteroatoms. The third-order valence-electron chi connectivity index (χ3n) is 4.09. The summed E-state index contributed by atoms with van der Waals surface area (Å²) >= 11 is 0. The molecule has 96 valence electrons. The van der Waals surface area contributed by atoms with E-state index in [0.717, 1.165) is 25.7 Å². The van der Waals surface area contributed by atoms with Gasteiger partial charge in [-0.2, -0.15) is 0 Å². The SMILES string of the molecule is COC(=O)C1(NC(=O)C2CC2C)CCCCC1. The molecule has 2 fully saturated rings. The Hall–Kier alpha value is -1.06. The van der Waals surface area contributed by atoms with Crippen LogP contribution in [0.5, 0.6) is 0 Å². The van der Waals surface area contributed by atoms with Crippen molar-refractivity contribution in [2.24, 2.45) is 11.8 Å². The normalized spacial score (nSPS) is 30.5. The van der Waals surface area contributed by atoms with Crippen molar-refractivity contribution in [3.63, 3.8) is 0 Å². The number of ether oxygens (including phenoxy) is 1. The number of nitrogens with one attached hydrogen (secondary N) is 1. The number of rotatable bonds is 3. The molecule has 0 saturated heterocycles. The highest BCUT2D eigenvalue weighted by Gasteiger charge is 2.46. The average molecular weight is 239 g/mol. The van der Waals surface area contributed by atoms with Gasteiger partial charge in [0.15, 0.2) is 0 Å². The highest BCUT2D eigenvalue weighted by molar-refractivity contribution is 5.90. The Morgan fingerprint density at radius 1 is 1.24 bits per heavy atom. The fourth-order valence-corrected chi connectivity index (χ4v) is 2.75. The van der Waals surface area contributed by atoms with E-state index in [2.05, 4.69) is 12.2 Å². The molecule has 0 bridgehead atoms. The van der Waals surface area contributed by atoms with Gasteiger partial charge in [0.25, 0.3) is 0 Å². The molecule has 2 saturated carbocycles. The van der Waals surface area contributed by atoms with Gasteiger partial charge >= 0.3 is 5.97 Å². The first-order chi connectivity index (χ1) is 8.09. The van der Waals surface area contributed by atoms with Crippen molar-refractivity contribution in [1.29, 1.82) is 0 Å². The second-order valence-electron chi connectivity index (χ2n) is 5.44. The Morgan fingerprint density at radius 2 is 1.82 bits per heavy atom. The number of carbonyl (C=O) groups excluding carboxylic acids is 2. The number of carbonyl (C=O) groups is 2. The predicted octanol–water partition coefficient (Wildman–Crippen LogP) is 1.63. The average Bonchev–Trinajstić information content (AvgIpc) is 3.06. The molecule has 0 radical (unpaired) electrons. The molecular weight excluding hydrogens is 218 g/mol. The van der Waals surface area contributed by atoms with Crippen molar-refractivity contribution in [3.05, 3.63) is 0 Å². The van der Waals surface area contributed by atoms with Gasteiger partial charge in [0.1, 0.15) is 5.54 Å². The fourth-order valence-electron chi connectivity index (χ4n) is 2.75. The molecule has 0 spiro atoms. The van der Waals surface area contributed by atoms with Crippen LogP contribution in [-0.2, 0) is 14.3 Å². The van der Waals surface area contributed by atoms with Gasteiger partial charge < -0.3 is 10.1 Å². The zero-order chi connectivity index (χ0) is 12.5. The van der Waals surface area contributed by atoms with E-state index in [9.17, 15) is 9.59 Å². The van der Waals surface area contributed by atoms with Gasteiger partial charge in [-0.3, -0.25) is 4.79 Å². The lowest BCUT2D eigenvalue weighted by atomic mass is 9.81. The van der Waals surface area contributed by atoms with Gasteiger partial charge in [-0.15, -0.1) is 0 Å². The Kier molecular flexibility index (Phi) is 3.40. The molecule has 0 heterocycles. The van der Waals surface area contributed by atoms with Gasteiger partial charge in [0, 0.05) is 5.92 Å². The zero-order valence-electron chi connectivity index (χ0n) is 10.6. The van der Waals surface area contributed by atoms with E-state index in [1.807, 2.05) is 0 Å². The second kappa shape index (κ2) is 4.67. The fraction of sp³-hybridized carbons (Fsp3) is 0.846. The van der Waals surface area contributed by atoms with Crippen LogP contribution in [0.25, 0.3) is 0 Å². The van der Waals surface area contributed by atoms with Crippen LogP contribution >= 0.6 is 0 Å². The van der Waals surface area contributed by atoms with Crippen LogP contribution in [0.15, 0.2) is 0 Å². The van der Waals surface area contributed by atoms with Crippen molar-refractivity contribution in [3.8, 4) is 0 Å². The molecule has 0 aromatic heterocycles. The summed E-state index contributed by atoms with van der Waals surface area (Å²) in [6, 6.07) is 0. The van der Waals surface area contributed by atoms with Crippen LogP contribution in [-0.4, -0.2) is 24.5 Å². The van der Waals surface area contributed by atoms with Gasteiger partial charge in [0.05, 0.1) is 7.11 Å². The van der Waals surface area contributed by atoms with Crippen molar-refractivity contribution in [2.75, 3.05) is 7.11 Å². The van der Waals surface area contributed by atoms with Gasteiger partial charge in [0.2, 0.25) is 5.91 Å². The molecule has 2 aliphatic carbocycles. The van der Waals surface area contributed by atoms with E-state index >= 15 is 0 Å². The highest BCUT2D eigenvalue weighted by atomic mass is 16.5. The molecule has 2 atom stereocenters. The van der Waals surface area contributed by atoms with E-state index in [0.29, 0.717) is 18.8 Å².